The number of nitrogens with zero attached hydrogens (tertiary/aromatic N) is 5. The summed E-state index contributed by atoms with van der Waals surface area (Å²) in [5.74, 6) is 2.15. The highest BCUT2D eigenvalue weighted by molar-refractivity contribution is 7.98. The quantitative estimate of drug-likeness (QED) is 0.395. The zero-order valence-electron chi connectivity index (χ0n) is 17.3. The fourth-order valence-electron chi connectivity index (χ4n) is 3.15. The fraction of sp³-hybridized carbons (Fsp3) is 0.333. The number of aryl methyl sites for hydroxylation is 2. The number of rotatable bonds is 7. The number of thiazole rings is 1. The molecule has 30 heavy (non-hydrogen) atoms. The number of ether oxygens (including phenoxy) is 1. The van der Waals surface area contributed by atoms with Crippen LogP contribution in [0, 0.1) is 13.8 Å². The van der Waals surface area contributed by atoms with Crippen molar-refractivity contribution in [1.82, 2.24) is 24.1 Å². The molecule has 3 heterocycles. The molecular weight excluding hydrogens is 418 g/mol. The maximum Gasteiger partial charge on any atom is 0.258 e. The van der Waals surface area contributed by atoms with Crippen molar-refractivity contribution in [3.63, 3.8) is 0 Å². The summed E-state index contributed by atoms with van der Waals surface area (Å²) in [5, 5.41) is 11.4. The molecule has 4 aromatic rings. The molecule has 1 aromatic carbocycles. The van der Waals surface area contributed by atoms with E-state index in [1.807, 2.05) is 29.0 Å². The zero-order chi connectivity index (χ0) is 21.3. The van der Waals surface area contributed by atoms with Gasteiger partial charge in [-0.3, -0.25) is 9.20 Å². The first-order valence-electron chi connectivity index (χ1n) is 9.72. The summed E-state index contributed by atoms with van der Waals surface area (Å²) in [5.41, 5.74) is 3.10. The molecule has 0 aliphatic rings. The Morgan fingerprint density at radius 3 is 2.80 bits per heavy atom. The second kappa shape index (κ2) is 8.61. The Kier molecular flexibility index (Phi) is 5.92. The monoisotopic (exact) mass is 441 g/mol. The third-order valence-corrected chi connectivity index (χ3v) is 6.68. The molecule has 3 aromatic heterocycles. The Labute approximate surface area is 182 Å². The molecule has 156 valence electrons. The molecule has 0 aliphatic heterocycles. The Balaban J connectivity index is 1.50. The Hall–Kier alpha value is -2.65. The SMILES string of the molecule is CCn1c(SCc2cc(=O)n3ccsc3n2)nnc1C(C)Oc1ccc(C)c(C)c1. The molecule has 0 saturated heterocycles. The minimum atomic E-state index is -0.237. The summed E-state index contributed by atoms with van der Waals surface area (Å²) in [6.07, 6.45) is 1.50. The van der Waals surface area contributed by atoms with E-state index in [4.69, 9.17) is 4.74 Å². The number of benzene rings is 1. The highest BCUT2D eigenvalue weighted by atomic mass is 32.2. The van der Waals surface area contributed by atoms with Crippen LogP contribution in [0.15, 0.2) is 45.8 Å². The van der Waals surface area contributed by atoms with Crippen molar-refractivity contribution in [3.8, 4) is 5.75 Å². The largest absolute Gasteiger partial charge is 0.483 e. The van der Waals surface area contributed by atoms with E-state index in [-0.39, 0.29) is 11.7 Å². The molecule has 0 spiro atoms. The maximum atomic E-state index is 12.2. The summed E-state index contributed by atoms with van der Waals surface area (Å²) in [6.45, 7) is 8.92. The van der Waals surface area contributed by atoms with Gasteiger partial charge in [-0.15, -0.1) is 21.5 Å². The second-order valence-corrected chi connectivity index (χ2v) is 8.84. The van der Waals surface area contributed by atoms with Gasteiger partial charge in [-0.05, 0) is 51.0 Å². The van der Waals surface area contributed by atoms with Crippen molar-refractivity contribution >= 4 is 28.1 Å². The molecule has 1 unspecified atom stereocenters. The fourth-order valence-corrected chi connectivity index (χ4v) is 4.79. The lowest BCUT2D eigenvalue weighted by molar-refractivity contribution is 0.209. The molecule has 7 nitrogen and oxygen atoms in total. The van der Waals surface area contributed by atoms with E-state index in [0.717, 1.165) is 29.0 Å². The predicted octanol–water partition coefficient (Wildman–Crippen LogP) is 4.42. The number of hydrogen-bond acceptors (Lipinski definition) is 7. The Morgan fingerprint density at radius 2 is 2.03 bits per heavy atom. The lowest BCUT2D eigenvalue weighted by Crippen LogP contribution is -2.13. The summed E-state index contributed by atoms with van der Waals surface area (Å²) in [6, 6.07) is 7.65. The molecule has 9 heteroatoms. The van der Waals surface area contributed by atoms with Gasteiger partial charge >= 0.3 is 0 Å². The molecule has 0 N–H and O–H groups in total. The van der Waals surface area contributed by atoms with Gasteiger partial charge in [0.15, 0.2) is 22.0 Å². The number of hydrogen-bond donors (Lipinski definition) is 0. The molecule has 1 atom stereocenters. The summed E-state index contributed by atoms with van der Waals surface area (Å²) < 4.78 is 9.72. The summed E-state index contributed by atoms with van der Waals surface area (Å²) in [4.78, 5) is 17.4. The predicted molar refractivity (Wildman–Crippen MR) is 120 cm³/mol. The third-order valence-electron chi connectivity index (χ3n) is 4.92. The number of thioether (sulfide) groups is 1. The van der Waals surface area contributed by atoms with Crippen molar-refractivity contribution in [2.24, 2.45) is 0 Å². The van der Waals surface area contributed by atoms with Gasteiger partial charge < -0.3 is 9.30 Å². The van der Waals surface area contributed by atoms with E-state index >= 15 is 0 Å². The van der Waals surface area contributed by atoms with Crippen molar-refractivity contribution in [2.45, 2.75) is 51.3 Å². The second-order valence-electron chi connectivity index (χ2n) is 7.02. The Bertz CT molecular complexity index is 1240. The standard InChI is InChI=1S/C21H23N5O2S2/c1-5-25-19(15(4)28-17-7-6-13(2)14(3)10-17)23-24-21(25)30-12-16-11-18(27)26-8-9-29-20(26)22-16/h6-11,15H,5,12H2,1-4H3. The number of fused-ring (bicyclic) bond motifs is 1. The van der Waals surface area contributed by atoms with Crippen molar-refractivity contribution < 1.29 is 4.74 Å². The van der Waals surface area contributed by atoms with E-state index in [9.17, 15) is 4.79 Å². The lowest BCUT2D eigenvalue weighted by Gasteiger charge is -2.16. The van der Waals surface area contributed by atoms with Crippen LogP contribution in [0.3, 0.4) is 0 Å². The topological polar surface area (TPSA) is 74.3 Å². The molecular formula is C21H23N5O2S2. The minimum absolute atomic E-state index is 0.0649. The van der Waals surface area contributed by atoms with Gasteiger partial charge in [0.1, 0.15) is 5.75 Å². The van der Waals surface area contributed by atoms with Crippen LogP contribution in [-0.4, -0.2) is 24.1 Å². The van der Waals surface area contributed by atoms with Gasteiger partial charge in [0, 0.05) is 29.9 Å². The Morgan fingerprint density at radius 1 is 1.20 bits per heavy atom. The lowest BCUT2D eigenvalue weighted by atomic mass is 10.1. The van der Waals surface area contributed by atoms with E-state index in [0.29, 0.717) is 10.7 Å². The molecule has 0 amide bonds. The van der Waals surface area contributed by atoms with E-state index < -0.39 is 0 Å². The van der Waals surface area contributed by atoms with Crippen LogP contribution in [0.25, 0.3) is 4.96 Å². The first-order chi connectivity index (χ1) is 14.5. The van der Waals surface area contributed by atoms with Crippen LogP contribution in [0.4, 0.5) is 0 Å². The first kappa shape index (κ1) is 20.6. The average Bonchev–Trinajstić information content (AvgIpc) is 3.36. The minimum Gasteiger partial charge on any atom is -0.483 e. The van der Waals surface area contributed by atoms with Crippen LogP contribution in [0.1, 0.15) is 42.6 Å². The van der Waals surface area contributed by atoms with Crippen molar-refractivity contribution in [1.29, 1.82) is 0 Å². The molecule has 0 bridgehead atoms. The average molecular weight is 442 g/mol. The molecule has 0 radical (unpaired) electrons. The van der Waals surface area contributed by atoms with Gasteiger partial charge in [-0.2, -0.15) is 0 Å². The van der Waals surface area contributed by atoms with Gasteiger partial charge in [0.2, 0.25) is 0 Å². The van der Waals surface area contributed by atoms with Gasteiger partial charge in [0.05, 0.1) is 5.69 Å². The number of aromatic nitrogens is 5. The highest BCUT2D eigenvalue weighted by Crippen LogP contribution is 2.27. The van der Waals surface area contributed by atoms with Crippen LogP contribution in [-0.2, 0) is 12.3 Å². The van der Waals surface area contributed by atoms with Gasteiger partial charge in [-0.25, -0.2) is 4.98 Å². The molecule has 0 saturated carbocycles. The van der Waals surface area contributed by atoms with Crippen LogP contribution in [0.5, 0.6) is 5.75 Å². The van der Waals surface area contributed by atoms with Crippen LogP contribution >= 0.6 is 23.1 Å². The summed E-state index contributed by atoms with van der Waals surface area (Å²) in [7, 11) is 0. The third kappa shape index (κ3) is 4.13. The van der Waals surface area contributed by atoms with Crippen LogP contribution < -0.4 is 10.3 Å². The van der Waals surface area contributed by atoms with E-state index in [1.165, 1.54) is 34.2 Å². The smallest absolute Gasteiger partial charge is 0.258 e. The summed E-state index contributed by atoms with van der Waals surface area (Å²) >= 11 is 2.97. The molecule has 4 rings (SSSR count). The van der Waals surface area contributed by atoms with Crippen LogP contribution in [0.2, 0.25) is 0 Å². The maximum absolute atomic E-state index is 12.2. The van der Waals surface area contributed by atoms with Gasteiger partial charge in [-0.1, -0.05) is 17.8 Å². The van der Waals surface area contributed by atoms with E-state index in [1.54, 1.807) is 16.7 Å². The zero-order valence-corrected chi connectivity index (χ0v) is 19.0. The van der Waals surface area contributed by atoms with Crippen molar-refractivity contribution in [3.05, 3.63) is 68.8 Å². The van der Waals surface area contributed by atoms with E-state index in [2.05, 4.69) is 42.0 Å². The molecule has 0 fully saturated rings. The highest BCUT2D eigenvalue weighted by Gasteiger charge is 2.19. The first-order valence-corrected chi connectivity index (χ1v) is 11.6. The molecule has 0 aliphatic carbocycles. The van der Waals surface area contributed by atoms with Gasteiger partial charge in [0.25, 0.3) is 5.56 Å². The normalized spacial score (nSPS) is 12.4. The van der Waals surface area contributed by atoms with Crippen molar-refractivity contribution in [2.75, 3.05) is 0 Å².